The van der Waals surface area contributed by atoms with Gasteiger partial charge in [0.15, 0.2) is 0 Å². The predicted molar refractivity (Wildman–Crippen MR) is 126 cm³/mol. The Morgan fingerprint density at radius 3 is 2.21 bits per heavy atom. The molecule has 2 fully saturated rings. The van der Waals surface area contributed by atoms with E-state index in [0.29, 0.717) is 19.4 Å². The number of rotatable bonds is 7. The van der Waals surface area contributed by atoms with Gasteiger partial charge in [0.05, 0.1) is 0 Å². The molecule has 1 aliphatic heterocycles. The molecule has 1 saturated heterocycles. The van der Waals surface area contributed by atoms with Crippen LogP contribution in [0.25, 0.3) is 11.1 Å². The van der Waals surface area contributed by atoms with Crippen LogP contribution in [-0.2, 0) is 14.3 Å². The molecule has 5 rings (SSSR count). The van der Waals surface area contributed by atoms with Crippen molar-refractivity contribution >= 4 is 18.0 Å². The maximum absolute atomic E-state index is 12.9. The molecule has 0 aromatic heterocycles. The number of carbonyl (C=O) groups excluding carboxylic acids is 2. The number of carboxylic acids is 1. The Labute approximate surface area is 199 Å². The van der Waals surface area contributed by atoms with Gasteiger partial charge in [-0.3, -0.25) is 4.79 Å². The highest BCUT2D eigenvalue weighted by Gasteiger charge is 2.38. The zero-order valence-electron chi connectivity index (χ0n) is 19.1. The van der Waals surface area contributed by atoms with Crippen LogP contribution < -0.4 is 5.32 Å². The number of aliphatic carboxylic acids is 1. The Hall–Kier alpha value is -3.35. The van der Waals surface area contributed by atoms with Gasteiger partial charge in [-0.05, 0) is 53.9 Å². The molecule has 7 heteroatoms. The number of alkyl carbamates (subject to hydrolysis) is 1. The summed E-state index contributed by atoms with van der Waals surface area (Å²) in [6.07, 6.45) is 3.73. The molecule has 2 amide bonds. The minimum atomic E-state index is -0.962. The van der Waals surface area contributed by atoms with Crippen molar-refractivity contribution in [1.29, 1.82) is 0 Å². The number of benzene rings is 2. The number of hydrogen-bond donors (Lipinski definition) is 2. The minimum absolute atomic E-state index is 0.0251. The van der Waals surface area contributed by atoms with Crippen molar-refractivity contribution in [2.24, 2.45) is 5.92 Å². The van der Waals surface area contributed by atoms with Gasteiger partial charge in [0.25, 0.3) is 0 Å². The third-order valence-electron chi connectivity index (χ3n) is 7.62. The van der Waals surface area contributed by atoms with Gasteiger partial charge in [-0.2, -0.15) is 0 Å². The molecule has 1 saturated carbocycles. The van der Waals surface area contributed by atoms with E-state index in [-0.39, 0.29) is 36.8 Å². The molecule has 0 bridgehead atoms. The molecule has 2 N–H and O–H groups in total. The van der Waals surface area contributed by atoms with E-state index >= 15 is 0 Å². The monoisotopic (exact) mass is 462 g/mol. The number of carboxylic acid groups (broad SMARTS) is 1. The lowest BCUT2D eigenvalue weighted by Gasteiger charge is -2.35. The van der Waals surface area contributed by atoms with Gasteiger partial charge in [-0.15, -0.1) is 0 Å². The summed E-state index contributed by atoms with van der Waals surface area (Å²) in [4.78, 5) is 38.6. The summed E-state index contributed by atoms with van der Waals surface area (Å²) in [5, 5.41) is 12.3. The van der Waals surface area contributed by atoms with E-state index in [2.05, 4.69) is 29.6 Å². The molecule has 2 atom stereocenters. The molecule has 2 aromatic rings. The van der Waals surface area contributed by atoms with Crippen LogP contribution >= 0.6 is 0 Å². The second kappa shape index (κ2) is 9.49. The Kier molecular flexibility index (Phi) is 6.26. The number of carbonyl (C=O) groups is 3. The summed E-state index contributed by atoms with van der Waals surface area (Å²) < 4.78 is 5.69. The molecule has 2 aromatic carbocycles. The number of ether oxygens (including phenoxy) is 1. The van der Waals surface area contributed by atoms with Gasteiger partial charge >= 0.3 is 12.1 Å². The number of nitrogens with one attached hydrogen (secondary N) is 1. The van der Waals surface area contributed by atoms with E-state index in [1.54, 1.807) is 0 Å². The molecule has 34 heavy (non-hydrogen) atoms. The zero-order chi connectivity index (χ0) is 23.7. The molecule has 178 valence electrons. The first kappa shape index (κ1) is 22.4. The van der Waals surface area contributed by atoms with Crippen LogP contribution in [0.4, 0.5) is 4.79 Å². The maximum Gasteiger partial charge on any atom is 0.407 e. The van der Waals surface area contributed by atoms with Crippen molar-refractivity contribution in [3.63, 3.8) is 0 Å². The standard InChI is InChI=1S/C27H30N2O5/c30-25(29-14-6-13-24(29)26(31)32)15-23(17-7-5-8-17)28-27(33)34-16-22-20-11-3-1-9-18(20)19-10-2-4-12-21(19)22/h1-4,9-12,17,22-24H,5-8,13-16H2,(H,28,33)(H,31,32)/t23?,24-/m0/s1. The van der Waals surface area contributed by atoms with Gasteiger partial charge in [-0.1, -0.05) is 55.0 Å². The highest BCUT2D eigenvalue weighted by Crippen LogP contribution is 2.44. The quantitative estimate of drug-likeness (QED) is 0.644. The summed E-state index contributed by atoms with van der Waals surface area (Å²) in [6.45, 7) is 0.677. The van der Waals surface area contributed by atoms with Gasteiger partial charge in [-0.25, -0.2) is 9.59 Å². The smallest absolute Gasteiger partial charge is 0.407 e. The third kappa shape index (κ3) is 4.27. The molecule has 1 unspecified atom stereocenters. The van der Waals surface area contributed by atoms with Crippen molar-refractivity contribution in [1.82, 2.24) is 10.2 Å². The highest BCUT2D eigenvalue weighted by atomic mass is 16.5. The van der Waals surface area contributed by atoms with Crippen LogP contribution in [0.5, 0.6) is 0 Å². The topological polar surface area (TPSA) is 95.9 Å². The van der Waals surface area contributed by atoms with Crippen LogP contribution in [0, 0.1) is 5.92 Å². The maximum atomic E-state index is 12.9. The van der Waals surface area contributed by atoms with Crippen LogP contribution in [0.1, 0.15) is 55.6 Å². The SMILES string of the molecule is O=C(NC(CC(=O)N1CCC[C@H]1C(=O)O)C1CCC1)OCC1c2ccccc2-c2ccccc21. The van der Waals surface area contributed by atoms with E-state index in [0.717, 1.165) is 30.4 Å². The van der Waals surface area contributed by atoms with E-state index in [1.165, 1.54) is 16.0 Å². The minimum Gasteiger partial charge on any atom is -0.480 e. The van der Waals surface area contributed by atoms with Gasteiger partial charge in [0, 0.05) is 24.9 Å². The Bertz CT molecular complexity index is 1050. The van der Waals surface area contributed by atoms with E-state index in [9.17, 15) is 19.5 Å². The number of likely N-dealkylation sites (tertiary alicyclic amines) is 1. The van der Waals surface area contributed by atoms with E-state index < -0.39 is 18.1 Å². The summed E-state index contributed by atoms with van der Waals surface area (Å²) in [6, 6.07) is 15.3. The molecule has 2 aliphatic carbocycles. The number of fused-ring (bicyclic) bond motifs is 3. The van der Waals surface area contributed by atoms with Crippen molar-refractivity contribution in [2.45, 2.75) is 56.5 Å². The Balaban J connectivity index is 1.23. The highest BCUT2D eigenvalue weighted by molar-refractivity contribution is 5.85. The summed E-state index contributed by atoms with van der Waals surface area (Å²) in [7, 11) is 0. The first-order valence-electron chi connectivity index (χ1n) is 12.2. The predicted octanol–water partition coefficient (Wildman–Crippen LogP) is 4.16. The molecular weight excluding hydrogens is 432 g/mol. The van der Waals surface area contributed by atoms with Crippen molar-refractivity contribution in [3.8, 4) is 11.1 Å². The molecule has 0 spiro atoms. The van der Waals surface area contributed by atoms with Gasteiger partial charge in [0.1, 0.15) is 12.6 Å². The van der Waals surface area contributed by atoms with E-state index in [1.807, 2.05) is 24.3 Å². The number of amides is 2. The van der Waals surface area contributed by atoms with E-state index in [4.69, 9.17) is 4.74 Å². The number of nitrogens with zero attached hydrogens (tertiary/aromatic N) is 1. The average Bonchev–Trinajstić information content (AvgIpc) is 3.40. The lowest BCUT2D eigenvalue weighted by atomic mass is 9.78. The number of hydrogen-bond acceptors (Lipinski definition) is 4. The first-order chi connectivity index (χ1) is 16.5. The molecule has 3 aliphatic rings. The second-order valence-corrected chi connectivity index (χ2v) is 9.55. The normalized spacial score (nSPS) is 20.2. The molecule has 1 heterocycles. The molecule has 0 radical (unpaired) electrons. The molecular formula is C27H30N2O5. The van der Waals surface area contributed by atoms with Crippen molar-refractivity contribution in [3.05, 3.63) is 59.7 Å². The zero-order valence-corrected chi connectivity index (χ0v) is 19.1. The van der Waals surface area contributed by atoms with Crippen LogP contribution in [-0.4, -0.2) is 53.2 Å². The van der Waals surface area contributed by atoms with Crippen molar-refractivity contribution in [2.75, 3.05) is 13.2 Å². The fourth-order valence-electron chi connectivity index (χ4n) is 5.60. The van der Waals surface area contributed by atoms with Gasteiger partial charge in [0.2, 0.25) is 5.91 Å². The summed E-state index contributed by atoms with van der Waals surface area (Å²) >= 11 is 0. The summed E-state index contributed by atoms with van der Waals surface area (Å²) in [5.41, 5.74) is 4.64. The molecule has 7 nitrogen and oxygen atoms in total. The van der Waals surface area contributed by atoms with Crippen LogP contribution in [0.3, 0.4) is 0 Å². The fourth-order valence-corrected chi connectivity index (χ4v) is 5.60. The lowest BCUT2D eigenvalue weighted by Crippen LogP contribution is -2.48. The average molecular weight is 463 g/mol. The van der Waals surface area contributed by atoms with Gasteiger partial charge < -0.3 is 20.1 Å². The Morgan fingerprint density at radius 2 is 1.62 bits per heavy atom. The van der Waals surface area contributed by atoms with Crippen LogP contribution in [0.2, 0.25) is 0 Å². The first-order valence-corrected chi connectivity index (χ1v) is 12.2. The lowest BCUT2D eigenvalue weighted by molar-refractivity contribution is -0.148. The summed E-state index contributed by atoms with van der Waals surface area (Å²) in [5.74, 6) is -0.977. The third-order valence-corrected chi connectivity index (χ3v) is 7.62. The largest absolute Gasteiger partial charge is 0.480 e. The Morgan fingerprint density at radius 1 is 0.971 bits per heavy atom. The second-order valence-electron chi connectivity index (χ2n) is 9.55. The van der Waals surface area contributed by atoms with Crippen LogP contribution in [0.15, 0.2) is 48.5 Å². The fraction of sp³-hybridized carbons (Fsp3) is 0.444. The van der Waals surface area contributed by atoms with Crippen molar-refractivity contribution < 1.29 is 24.2 Å².